The van der Waals surface area contributed by atoms with Gasteiger partial charge in [0, 0.05) is 0 Å². The van der Waals surface area contributed by atoms with Crippen molar-refractivity contribution >= 4 is 32.0 Å². The summed E-state index contributed by atoms with van der Waals surface area (Å²) in [6, 6.07) is 5.99. The molecule has 0 fully saturated rings. The van der Waals surface area contributed by atoms with E-state index in [-0.39, 0.29) is 21.8 Å². The van der Waals surface area contributed by atoms with E-state index in [1.54, 1.807) is 12.1 Å². The Morgan fingerprint density at radius 3 is 2.71 bits per heavy atom. The third kappa shape index (κ3) is 2.98. The average molecular weight is 300 g/mol. The number of para-hydroxylation sites is 2. The van der Waals surface area contributed by atoms with Gasteiger partial charge in [0.1, 0.15) is 0 Å². The van der Waals surface area contributed by atoms with Crippen LogP contribution < -0.4 is 4.74 Å². The van der Waals surface area contributed by atoms with Crippen molar-refractivity contribution < 1.29 is 14.5 Å². The predicted octanol–water partition coefficient (Wildman–Crippen LogP) is 0.401. The first-order chi connectivity index (χ1) is 6.61. The van der Waals surface area contributed by atoms with Crippen LogP contribution >= 0.6 is 0 Å². The molecule has 0 heterocycles. The van der Waals surface area contributed by atoms with Crippen LogP contribution in [0.4, 0.5) is 5.69 Å². The molecule has 1 rings (SSSR count). The van der Waals surface area contributed by atoms with Gasteiger partial charge in [0.05, 0.1) is 0 Å². The average Bonchev–Trinajstić information content (AvgIpc) is 2.15. The molecule has 0 atom stereocenters. The van der Waals surface area contributed by atoms with Crippen molar-refractivity contribution in [2.45, 2.75) is 0 Å². The second-order valence-corrected chi connectivity index (χ2v) is 4.32. The Kier molecular flexibility index (Phi) is 3.87. The topological polar surface area (TPSA) is 69.4 Å². The molecular weight excluding hydrogens is 293 g/mol. The number of benzene rings is 1. The van der Waals surface area contributed by atoms with Crippen LogP contribution in [0.3, 0.4) is 0 Å². The quantitative estimate of drug-likeness (QED) is 0.458. The molecule has 0 N–H and O–H groups in total. The molecule has 0 aliphatic rings. The van der Waals surface area contributed by atoms with Crippen molar-refractivity contribution in [2.24, 2.45) is 0 Å². The molecule has 1 aromatic rings. The van der Waals surface area contributed by atoms with Crippen molar-refractivity contribution in [2.75, 3.05) is 6.61 Å². The molecule has 0 bridgehead atoms. The maximum absolute atomic E-state index is 10.7. The van der Waals surface area contributed by atoms with Gasteiger partial charge in [-0.3, -0.25) is 0 Å². The van der Waals surface area contributed by atoms with E-state index in [1.165, 1.54) is 12.1 Å². The first-order valence-electron chi connectivity index (χ1n) is 3.76. The van der Waals surface area contributed by atoms with E-state index in [2.05, 4.69) is 0 Å². The van der Waals surface area contributed by atoms with Gasteiger partial charge in [0.15, 0.2) is 0 Å². The molecule has 6 heteroatoms. The number of rotatable bonds is 4. The Balaban J connectivity index is 2.84. The van der Waals surface area contributed by atoms with Crippen LogP contribution in [0.5, 0.6) is 5.75 Å². The number of nitro groups is 1. The number of nitrogens with zero attached hydrogens (tertiary/aromatic N) is 1. The second-order valence-electron chi connectivity index (χ2n) is 2.48. The number of carbonyl (C=O) groups is 1. The van der Waals surface area contributed by atoms with Gasteiger partial charge >= 0.3 is 93.2 Å². The molecule has 1 aromatic carbocycles. The van der Waals surface area contributed by atoms with Crippen molar-refractivity contribution in [3.05, 3.63) is 34.4 Å². The molecule has 0 saturated heterocycles. The summed E-state index contributed by atoms with van der Waals surface area (Å²) in [6.45, 7) is -0.0902. The normalized spacial score (nSPS) is 9.50. The number of ether oxygens (including phenoxy) is 1. The predicted molar refractivity (Wildman–Crippen MR) is 50.7 cm³/mol. The summed E-state index contributed by atoms with van der Waals surface area (Å²) in [5, 5.41) is 10.5. The molecule has 0 aliphatic carbocycles. The van der Waals surface area contributed by atoms with Crippen molar-refractivity contribution in [1.82, 2.24) is 0 Å². The summed E-state index contributed by atoms with van der Waals surface area (Å²) in [5.41, 5.74) is -0.116. The summed E-state index contributed by atoms with van der Waals surface area (Å²) in [7, 11) is 0. The molecule has 2 radical (unpaired) electrons. The van der Waals surface area contributed by atoms with Gasteiger partial charge in [-0.25, -0.2) is 0 Å². The van der Waals surface area contributed by atoms with Gasteiger partial charge in [-0.2, -0.15) is 0 Å². The van der Waals surface area contributed by atoms with E-state index < -0.39 is 4.92 Å². The van der Waals surface area contributed by atoms with Crippen LogP contribution in [0.2, 0.25) is 0 Å². The van der Waals surface area contributed by atoms with Crippen LogP contribution in [0.1, 0.15) is 0 Å². The van der Waals surface area contributed by atoms with Crippen LogP contribution in [0, 0.1) is 10.1 Å². The summed E-state index contributed by atoms with van der Waals surface area (Å²) < 4.78 is 4.95. The third-order valence-corrected chi connectivity index (χ3v) is 1.91. The van der Waals surface area contributed by atoms with Crippen molar-refractivity contribution in [3.8, 4) is 5.75 Å². The molecule has 14 heavy (non-hydrogen) atoms. The van der Waals surface area contributed by atoms with E-state index in [0.717, 1.165) is 0 Å². The van der Waals surface area contributed by atoms with Crippen molar-refractivity contribution in [3.63, 3.8) is 0 Å². The molecule has 0 unspecified atom stereocenters. The van der Waals surface area contributed by atoms with Gasteiger partial charge in [0.2, 0.25) is 0 Å². The number of hydrogen-bond donors (Lipinski definition) is 0. The molecular formula is C8H7NO4Sn. The molecule has 5 nitrogen and oxygen atoms in total. The monoisotopic (exact) mass is 301 g/mol. The second kappa shape index (κ2) is 4.94. The van der Waals surface area contributed by atoms with Crippen LogP contribution in [0.25, 0.3) is 0 Å². The Morgan fingerprint density at radius 1 is 1.50 bits per heavy atom. The molecule has 0 aromatic heterocycles. The number of hydrogen-bond acceptors (Lipinski definition) is 4. The first kappa shape index (κ1) is 11.0. The molecule has 0 aliphatic heterocycles. The standard InChI is InChI=1S/C8H6NO4.Sn.H/c10-5-6-13-8-4-2-1-3-7(8)9(11)12;;/h1-4H,6H2;;. The summed E-state index contributed by atoms with van der Waals surface area (Å²) in [6.07, 6.45) is 0. The van der Waals surface area contributed by atoms with Crippen LogP contribution in [-0.2, 0) is 4.79 Å². The maximum atomic E-state index is 10.7. The summed E-state index contributed by atoms with van der Waals surface area (Å²) in [4.78, 5) is 20.6. The zero-order chi connectivity index (χ0) is 10.6. The molecule has 0 amide bonds. The van der Waals surface area contributed by atoms with Gasteiger partial charge < -0.3 is 0 Å². The van der Waals surface area contributed by atoms with E-state index in [4.69, 9.17) is 4.74 Å². The Hall–Kier alpha value is -1.11. The molecule has 72 valence electrons. The van der Waals surface area contributed by atoms with Crippen LogP contribution in [0.15, 0.2) is 24.3 Å². The first-order valence-corrected chi connectivity index (χ1v) is 5.40. The van der Waals surface area contributed by atoms with Gasteiger partial charge in [-0.15, -0.1) is 0 Å². The minimum atomic E-state index is -0.536. The van der Waals surface area contributed by atoms with E-state index in [9.17, 15) is 14.9 Å². The Morgan fingerprint density at radius 2 is 2.14 bits per heavy atom. The SMILES string of the molecule is O=[C]([SnH])COc1ccccc1[N+](=O)[O-]. The fourth-order valence-corrected chi connectivity index (χ4v) is 1.12. The number of carbonyl (C=O) groups excluding carboxylic acids is 1. The third-order valence-electron chi connectivity index (χ3n) is 1.43. The Labute approximate surface area is 93.3 Å². The van der Waals surface area contributed by atoms with E-state index in [0.29, 0.717) is 22.5 Å². The van der Waals surface area contributed by atoms with Gasteiger partial charge in [-0.1, -0.05) is 0 Å². The molecule has 0 saturated carbocycles. The van der Waals surface area contributed by atoms with Gasteiger partial charge in [-0.05, 0) is 0 Å². The zero-order valence-electron chi connectivity index (χ0n) is 7.17. The van der Waals surface area contributed by atoms with E-state index >= 15 is 0 Å². The fraction of sp³-hybridized carbons (Fsp3) is 0.125. The van der Waals surface area contributed by atoms with Crippen molar-refractivity contribution in [1.29, 1.82) is 0 Å². The zero-order valence-corrected chi connectivity index (χ0v) is 10.5. The fourth-order valence-electron chi connectivity index (χ4n) is 0.879. The summed E-state index contributed by atoms with van der Waals surface area (Å²) in [5.74, 6) is 0.139. The molecule has 0 spiro atoms. The Bertz CT molecular complexity index is 366. The minimum absolute atomic E-state index is 0.0476. The van der Waals surface area contributed by atoms with Gasteiger partial charge in [0.25, 0.3) is 0 Å². The van der Waals surface area contributed by atoms with Crippen LogP contribution in [-0.4, -0.2) is 37.9 Å². The summed E-state index contributed by atoms with van der Waals surface area (Å²) >= 11 is 0.452. The van der Waals surface area contributed by atoms with E-state index in [1.807, 2.05) is 0 Å². The number of nitro benzene ring substituents is 1.